The molecular formula is C17H18F2N4O. The van der Waals surface area contributed by atoms with Gasteiger partial charge in [0.05, 0.1) is 6.04 Å². The first kappa shape index (κ1) is 15.1. The second-order valence-electron chi connectivity index (χ2n) is 6.43. The van der Waals surface area contributed by atoms with Gasteiger partial charge < -0.3 is 10.2 Å². The molecule has 0 spiro atoms. The predicted molar refractivity (Wildman–Crippen MR) is 84.5 cm³/mol. The van der Waals surface area contributed by atoms with Gasteiger partial charge in [0.2, 0.25) is 0 Å². The lowest BCUT2D eigenvalue weighted by atomic mass is 9.98. The van der Waals surface area contributed by atoms with Crippen LogP contribution in [0.25, 0.3) is 0 Å². The third-order valence-electron chi connectivity index (χ3n) is 5.04. The van der Waals surface area contributed by atoms with Gasteiger partial charge in [0.25, 0.3) is 0 Å². The van der Waals surface area contributed by atoms with E-state index in [0.717, 1.165) is 37.8 Å². The average molecular weight is 332 g/mol. The first-order valence-electron chi connectivity index (χ1n) is 8.16. The zero-order valence-corrected chi connectivity index (χ0v) is 13.0. The summed E-state index contributed by atoms with van der Waals surface area (Å²) in [6.45, 7) is 0. The fourth-order valence-electron chi connectivity index (χ4n) is 3.98. The Kier molecular flexibility index (Phi) is 3.70. The van der Waals surface area contributed by atoms with Crippen molar-refractivity contribution in [2.75, 3.05) is 5.32 Å². The van der Waals surface area contributed by atoms with Crippen molar-refractivity contribution >= 4 is 11.7 Å². The molecule has 24 heavy (non-hydrogen) atoms. The summed E-state index contributed by atoms with van der Waals surface area (Å²) in [6.07, 6.45) is 7.14. The molecule has 1 N–H and O–H groups in total. The van der Waals surface area contributed by atoms with Crippen LogP contribution < -0.4 is 5.32 Å². The van der Waals surface area contributed by atoms with E-state index in [1.807, 2.05) is 16.9 Å². The zero-order valence-electron chi connectivity index (χ0n) is 13.0. The minimum Gasteiger partial charge on any atom is -0.318 e. The Bertz CT molecular complexity index is 715. The highest BCUT2D eigenvalue weighted by Gasteiger charge is 2.44. The number of fused-ring (bicyclic) bond motifs is 2. The molecule has 2 bridgehead atoms. The van der Waals surface area contributed by atoms with E-state index in [-0.39, 0.29) is 23.8 Å². The van der Waals surface area contributed by atoms with Gasteiger partial charge in [-0.05, 0) is 43.9 Å². The zero-order chi connectivity index (χ0) is 16.7. The van der Waals surface area contributed by atoms with E-state index in [0.29, 0.717) is 0 Å². The fraction of sp³-hybridized carbons (Fsp3) is 0.412. The van der Waals surface area contributed by atoms with E-state index in [4.69, 9.17) is 0 Å². The number of carbonyl (C=O) groups excluding carboxylic acids is 1. The second kappa shape index (κ2) is 5.89. The molecule has 2 fully saturated rings. The van der Waals surface area contributed by atoms with Crippen LogP contribution in [0.4, 0.5) is 19.3 Å². The molecule has 2 aromatic rings. The number of aromatic nitrogens is 2. The minimum atomic E-state index is -0.762. The third kappa shape index (κ3) is 2.53. The minimum absolute atomic E-state index is 0.0767. The maximum Gasteiger partial charge on any atom is 0.322 e. The maximum absolute atomic E-state index is 13.8. The van der Waals surface area contributed by atoms with E-state index in [2.05, 4.69) is 10.4 Å². The Labute approximate surface area is 138 Å². The van der Waals surface area contributed by atoms with Gasteiger partial charge in [-0.1, -0.05) is 6.07 Å². The number of carbonyl (C=O) groups is 1. The number of rotatable bonds is 2. The molecule has 2 amide bonds. The molecule has 0 saturated carbocycles. The Hall–Kier alpha value is -2.44. The third-order valence-corrected chi connectivity index (χ3v) is 5.04. The Morgan fingerprint density at radius 1 is 1.08 bits per heavy atom. The van der Waals surface area contributed by atoms with Crippen LogP contribution in [0, 0.1) is 11.6 Å². The topological polar surface area (TPSA) is 50.2 Å². The Morgan fingerprint density at radius 3 is 2.33 bits per heavy atom. The van der Waals surface area contributed by atoms with Gasteiger partial charge in [0.15, 0.2) is 0 Å². The average Bonchev–Trinajstić information content (AvgIpc) is 3.18. The summed E-state index contributed by atoms with van der Waals surface area (Å²) < 4.78 is 29.4. The lowest BCUT2D eigenvalue weighted by Gasteiger charge is -2.38. The first-order chi connectivity index (χ1) is 11.6. The number of nitrogens with one attached hydrogen (secondary N) is 1. The van der Waals surface area contributed by atoms with E-state index < -0.39 is 17.7 Å². The summed E-state index contributed by atoms with van der Waals surface area (Å²) in [5.41, 5.74) is -0.379. The molecule has 2 atom stereocenters. The van der Waals surface area contributed by atoms with E-state index in [9.17, 15) is 13.6 Å². The summed E-state index contributed by atoms with van der Waals surface area (Å²) in [7, 11) is 0. The number of piperidine rings is 1. The van der Waals surface area contributed by atoms with Crippen LogP contribution in [0.15, 0.2) is 36.7 Å². The highest BCUT2D eigenvalue weighted by atomic mass is 19.1. The maximum atomic E-state index is 13.8. The normalized spacial score (nSPS) is 25.8. The molecule has 5 nitrogen and oxygen atoms in total. The number of amides is 2. The van der Waals surface area contributed by atoms with Gasteiger partial charge in [-0.25, -0.2) is 13.6 Å². The molecule has 4 rings (SSSR count). The number of para-hydroxylation sites is 1. The van der Waals surface area contributed by atoms with Crippen molar-refractivity contribution in [1.82, 2.24) is 14.7 Å². The molecule has 3 heterocycles. The largest absolute Gasteiger partial charge is 0.322 e. The van der Waals surface area contributed by atoms with Gasteiger partial charge in [-0.2, -0.15) is 5.10 Å². The SMILES string of the molecule is O=C(Nc1c(F)cccc1F)N1C2CCC1CC(n1cccn1)C2. The Morgan fingerprint density at radius 2 is 1.75 bits per heavy atom. The van der Waals surface area contributed by atoms with Crippen LogP contribution >= 0.6 is 0 Å². The van der Waals surface area contributed by atoms with Gasteiger partial charge in [-0.15, -0.1) is 0 Å². The predicted octanol–water partition coefficient (Wildman–Crippen LogP) is 3.56. The monoisotopic (exact) mass is 332 g/mol. The summed E-state index contributed by atoms with van der Waals surface area (Å²) in [4.78, 5) is 14.3. The molecule has 2 aliphatic heterocycles. The van der Waals surface area contributed by atoms with Gasteiger partial charge in [-0.3, -0.25) is 4.68 Å². The summed E-state index contributed by atoms with van der Waals surface area (Å²) in [5, 5.41) is 6.71. The molecule has 2 saturated heterocycles. The van der Waals surface area contributed by atoms with Crippen LogP contribution in [-0.4, -0.2) is 32.8 Å². The molecular weight excluding hydrogens is 314 g/mol. The quantitative estimate of drug-likeness (QED) is 0.914. The van der Waals surface area contributed by atoms with E-state index in [1.165, 1.54) is 6.07 Å². The van der Waals surface area contributed by atoms with Crippen LogP contribution in [0.5, 0.6) is 0 Å². The summed E-state index contributed by atoms with van der Waals surface area (Å²) in [6, 6.07) is 5.44. The van der Waals surface area contributed by atoms with Crippen LogP contribution in [0.2, 0.25) is 0 Å². The van der Waals surface area contributed by atoms with Gasteiger partial charge in [0, 0.05) is 24.5 Å². The van der Waals surface area contributed by atoms with E-state index in [1.54, 1.807) is 11.1 Å². The molecule has 2 aliphatic rings. The molecule has 0 radical (unpaired) electrons. The van der Waals surface area contributed by atoms with Crippen molar-refractivity contribution in [3.63, 3.8) is 0 Å². The highest BCUT2D eigenvalue weighted by molar-refractivity contribution is 5.90. The number of hydrogen-bond donors (Lipinski definition) is 1. The van der Waals surface area contributed by atoms with Crippen molar-refractivity contribution < 1.29 is 13.6 Å². The number of nitrogens with zero attached hydrogens (tertiary/aromatic N) is 3. The van der Waals surface area contributed by atoms with Crippen LogP contribution in [-0.2, 0) is 0 Å². The van der Waals surface area contributed by atoms with Crippen molar-refractivity contribution in [1.29, 1.82) is 0 Å². The van der Waals surface area contributed by atoms with Crippen LogP contribution in [0.3, 0.4) is 0 Å². The van der Waals surface area contributed by atoms with Crippen molar-refractivity contribution in [2.45, 2.75) is 43.8 Å². The number of anilines is 1. The molecule has 1 aromatic carbocycles. The second-order valence-corrected chi connectivity index (χ2v) is 6.43. The highest BCUT2D eigenvalue weighted by Crippen LogP contribution is 2.40. The molecule has 1 aromatic heterocycles. The van der Waals surface area contributed by atoms with Crippen molar-refractivity contribution in [2.24, 2.45) is 0 Å². The summed E-state index contributed by atoms with van der Waals surface area (Å²) in [5.74, 6) is -1.52. The molecule has 7 heteroatoms. The lowest BCUT2D eigenvalue weighted by Crippen LogP contribution is -2.49. The Balaban J connectivity index is 1.50. The van der Waals surface area contributed by atoms with Gasteiger partial charge in [0.1, 0.15) is 17.3 Å². The number of hydrogen-bond acceptors (Lipinski definition) is 2. The fourth-order valence-corrected chi connectivity index (χ4v) is 3.98. The smallest absolute Gasteiger partial charge is 0.318 e. The van der Waals surface area contributed by atoms with Gasteiger partial charge >= 0.3 is 6.03 Å². The number of urea groups is 1. The number of benzene rings is 1. The van der Waals surface area contributed by atoms with E-state index >= 15 is 0 Å². The van der Waals surface area contributed by atoms with Crippen molar-refractivity contribution in [3.8, 4) is 0 Å². The first-order valence-corrected chi connectivity index (χ1v) is 8.16. The molecule has 2 unspecified atom stereocenters. The van der Waals surface area contributed by atoms with Crippen LogP contribution in [0.1, 0.15) is 31.7 Å². The lowest BCUT2D eigenvalue weighted by molar-refractivity contribution is 0.129. The molecule has 126 valence electrons. The summed E-state index contributed by atoms with van der Waals surface area (Å²) >= 11 is 0. The molecule has 0 aliphatic carbocycles. The van der Waals surface area contributed by atoms with Crippen molar-refractivity contribution in [3.05, 3.63) is 48.3 Å². The number of halogens is 2. The standard InChI is InChI=1S/C17H18F2N4O/c18-14-3-1-4-15(19)16(14)21-17(24)23-11-5-6-12(23)10-13(9-11)22-8-2-7-20-22/h1-4,7-8,11-13H,5-6,9-10H2,(H,21,24).